The summed E-state index contributed by atoms with van der Waals surface area (Å²) in [4.78, 5) is 14.3. The van der Waals surface area contributed by atoms with Gasteiger partial charge in [-0.2, -0.15) is 0 Å². The molecule has 0 heterocycles. The normalized spacial score (nSPS) is 10.9. The van der Waals surface area contributed by atoms with E-state index >= 15 is 0 Å². The molecule has 0 unspecified atom stereocenters. The second-order valence-corrected chi connectivity index (χ2v) is 1.07. The summed E-state index contributed by atoms with van der Waals surface area (Å²) < 4.78 is 11.5. The lowest BCUT2D eigenvalue weighted by atomic mass is 11.0. The first-order valence-corrected chi connectivity index (χ1v) is 1.59. The summed E-state index contributed by atoms with van der Waals surface area (Å²) in [5, 5.41) is 26.0. The van der Waals surface area contributed by atoms with E-state index < -0.39 is 15.9 Å². The van der Waals surface area contributed by atoms with E-state index in [-0.39, 0.29) is 0 Å². The first-order chi connectivity index (χ1) is 3.89. The van der Waals surface area contributed by atoms with Crippen LogP contribution in [0.1, 0.15) is 0 Å². The topological polar surface area (TPSA) is 107 Å². The zero-order valence-electron chi connectivity index (χ0n) is 3.85. The standard InChI is InChI=1S/CHFN2O5/c2-1(5,3(6)7)4(8)9/h5H. The van der Waals surface area contributed by atoms with Gasteiger partial charge >= 0.3 is 6.10 Å². The minimum absolute atomic E-state index is 2.05. The van der Waals surface area contributed by atoms with Crippen molar-refractivity contribution >= 4 is 0 Å². The third-order valence-electron chi connectivity index (χ3n) is 0.465. The summed E-state index contributed by atoms with van der Waals surface area (Å²) in [6.45, 7) is 0. The molecule has 8 heteroatoms. The van der Waals surface area contributed by atoms with Crippen molar-refractivity contribution in [1.82, 2.24) is 0 Å². The highest BCUT2D eigenvalue weighted by molar-refractivity contribution is 4.24. The highest BCUT2D eigenvalue weighted by Crippen LogP contribution is 2.05. The Kier molecular flexibility index (Phi) is 1.62. The van der Waals surface area contributed by atoms with E-state index in [2.05, 4.69) is 0 Å². The summed E-state index contributed by atoms with van der Waals surface area (Å²) in [5.41, 5.74) is 0. The Labute approximate surface area is 47.0 Å². The van der Waals surface area contributed by atoms with Crippen molar-refractivity contribution in [3.8, 4) is 0 Å². The third-order valence-corrected chi connectivity index (χ3v) is 0.465. The van der Waals surface area contributed by atoms with Gasteiger partial charge in [-0.3, -0.25) is 20.2 Å². The highest BCUT2D eigenvalue weighted by atomic mass is 19.2. The molecule has 0 aromatic heterocycles. The number of rotatable bonds is 2. The number of halogens is 1. The van der Waals surface area contributed by atoms with Crippen LogP contribution in [-0.4, -0.2) is 21.1 Å². The largest absolute Gasteiger partial charge is 0.754 e. The van der Waals surface area contributed by atoms with Crippen LogP contribution in [0.4, 0.5) is 4.39 Å². The summed E-state index contributed by atoms with van der Waals surface area (Å²) in [5.74, 6) is 0. The third kappa shape index (κ3) is 1.29. The van der Waals surface area contributed by atoms with Crippen LogP contribution in [0, 0.1) is 20.2 Å². The predicted molar refractivity (Wildman–Crippen MR) is 20.0 cm³/mol. The number of nitro groups is 2. The molecule has 0 saturated carbocycles. The van der Waals surface area contributed by atoms with Crippen molar-refractivity contribution in [2.24, 2.45) is 0 Å². The van der Waals surface area contributed by atoms with Crippen molar-refractivity contribution in [2.75, 3.05) is 0 Å². The lowest BCUT2D eigenvalue weighted by Gasteiger charge is -1.96. The molecule has 0 spiro atoms. The molecule has 0 aromatic carbocycles. The molecular formula is CHFN2O5. The Bertz CT molecular complexity index is 137. The Balaban J connectivity index is 4.38. The molecule has 7 nitrogen and oxygen atoms in total. The van der Waals surface area contributed by atoms with Gasteiger partial charge in [0.15, 0.2) is 9.85 Å². The first kappa shape index (κ1) is 7.69. The SMILES string of the molecule is O=[N+]([O-])C(O)(F)[N+](=O)[O-]. The molecule has 52 valence electrons. The van der Waals surface area contributed by atoms with Gasteiger partial charge in [0.1, 0.15) is 0 Å². The average Bonchev–Trinajstić information content (AvgIpc) is 1.65. The summed E-state index contributed by atoms with van der Waals surface area (Å²) in [6, 6.07) is 0. The molecule has 0 fully saturated rings. The minimum atomic E-state index is -4.56. The summed E-state index contributed by atoms with van der Waals surface area (Å²) in [6.07, 6.45) is -4.56. The van der Waals surface area contributed by atoms with Crippen LogP contribution in [0.5, 0.6) is 0 Å². The number of hydrogen-bond acceptors (Lipinski definition) is 5. The fraction of sp³-hybridized carbons (Fsp3) is 1.00. The van der Waals surface area contributed by atoms with Crippen LogP contribution in [0.2, 0.25) is 0 Å². The van der Waals surface area contributed by atoms with E-state index in [4.69, 9.17) is 5.11 Å². The summed E-state index contributed by atoms with van der Waals surface area (Å²) >= 11 is 0. The van der Waals surface area contributed by atoms with Gasteiger partial charge in [-0.25, -0.2) is 5.11 Å². The minimum Gasteiger partial charge on any atom is -0.254 e. The van der Waals surface area contributed by atoms with Crippen LogP contribution in [-0.2, 0) is 0 Å². The molecule has 1 N–H and O–H groups in total. The van der Waals surface area contributed by atoms with E-state index in [9.17, 15) is 24.6 Å². The van der Waals surface area contributed by atoms with Crippen molar-refractivity contribution in [1.29, 1.82) is 0 Å². The Morgan fingerprint density at radius 3 is 1.56 bits per heavy atom. The fourth-order valence-electron chi connectivity index (χ4n) is 0.0667. The highest BCUT2D eigenvalue weighted by Gasteiger charge is 2.57. The van der Waals surface area contributed by atoms with Gasteiger partial charge in [-0.05, 0) is 0 Å². The van der Waals surface area contributed by atoms with E-state index in [0.29, 0.717) is 0 Å². The Hall–Kier alpha value is -1.31. The van der Waals surface area contributed by atoms with Gasteiger partial charge in [0.2, 0.25) is 0 Å². The van der Waals surface area contributed by atoms with Gasteiger partial charge < -0.3 is 0 Å². The number of alkyl halides is 1. The predicted octanol–water partition coefficient (Wildman–Crippen LogP) is -0.887. The van der Waals surface area contributed by atoms with Crippen LogP contribution < -0.4 is 0 Å². The molecule has 0 aliphatic carbocycles. The maximum atomic E-state index is 11.5. The molecule has 0 rings (SSSR count). The van der Waals surface area contributed by atoms with Crippen molar-refractivity contribution < 1.29 is 19.3 Å². The second-order valence-electron chi connectivity index (χ2n) is 1.07. The zero-order valence-corrected chi connectivity index (χ0v) is 3.85. The number of hydrogen-bond donors (Lipinski definition) is 1. The second kappa shape index (κ2) is 1.90. The molecule has 9 heavy (non-hydrogen) atoms. The molecule has 0 aliphatic heterocycles. The van der Waals surface area contributed by atoms with Gasteiger partial charge in [0.25, 0.3) is 0 Å². The first-order valence-electron chi connectivity index (χ1n) is 1.59. The molecule has 0 bridgehead atoms. The van der Waals surface area contributed by atoms with Crippen molar-refractivity contribution in [2.45, 2.75) is 6.10 Å². The van der Waals surface area contributed by atoms with Crippen LogP contribution >= 0.6 is 0 Å². The van der Waals surface area contributed by atoms with Gasteiger partial charge in [-0.15, -0.1) is 0 Å². The van der Waals surface area contributed by atoms with Crippen molar-refractivity contribution in [3.63, 3.8) is 0 Å². The molecule has 0 radical (unpaired) electrons. The van der Waals surface area contributed by atoms with E-state index in [1.807, 2.05) is 0 Å². The number of aliphatic hydroxyl groups is 1. The average molecular weight is 140 g/mol. The molecule has 0 atom stereocenters. The quantitative estimate of drug-likeness (QED) is 0.232. The fourth-order valence-corrected chi connectivity index (χ4v) is 0.0667. The maximum Gasteiger partial charge on any atom is 0.754 e. The lowest BCUT2D eigenvalue weighted by molar-refractivity contribution is -0.882. The summed E-state index contributed by atoms with van der Waals surface area (Å²) in [7, 11) is 0. The molecule has 0 aliphatic rings. The molecular weight excluding hydrogens is 139 g/mol. The Morgan fingerprint density at radius 2 is 1.56 bits per heavy atom. The lowest BCUT2D eigenvalue weighted by Crippen LogP contribution is -2.41. The van der Waals surface area contributed by atoms with Gasteiger partial charge in [0, 0.05) is 0 Å². The molecule has 0 aromatic rings. The van der Waals surface area contributed by atoms with Gasteiger partial charge in [-0.1, -0.05) is 4.39 Å². The van der Waals surface area contributed by atoms with E-state index in [1.165, 1.54) is 0 Å². The monoisotopic (exact) mass is 140 g/mol. The van der Waals surface area contributed by atoms with E-state index in [0.717, 1.165) is 0 Å². The van der Waals surface area contributed by atoms with Gasteiger partial charge in [0.05, 0.1) is 0 Å². The Morgan fingerprint density at radius 1 is 1.33 bits per heavy atom. The zero-order chi connectivity index (χ0) is 7.65. The van der Waals surface area contributed by atoms with Crippen LogP contribution in [0.3, 0.4) is 0 Å². The molecule has 0 saturated heterocycles. The maximum absolute atomic E-state index is 11.5. The smallest absolute Gasteiger partial charge is 0.254 e. The molecule has 0 amide bonds. The van der Waals surface area contributed by atoms with E-state index in [1.54, 1.807) is 0 Å². The number of nitrogens with zero attached hydrogens (tertiary/aromatic N) is 2. The van der Waals surface area contributed by atoms with Crippen LogP contribution in [0.15, 0.2) is 0 Å². The van der Waals surface area contributed by atoms with Crippen molar-refractivity contribution in [3.05, 3.63) is 20.2 Å². The van der Waals surface area contributed by atoms with Crippen LogP contribution in [0.25, 0.3) is 0 Å².